The van der Waals surface area contributed by atoms with E-state index in [0.29, 0.717) is 19.6 Å². The molecule has 0 aromatic rings. The van der Waals surface area contributed by atoms with Gasteiger partial charge in [-0.2, -0.15) is 0 Å². The average Bonchev–Trinajstić information content (AvgIpc) is 2.91. The average molecular weight is 420 g/mol. The van der Waals surface area contributed by atoms with Gasteiger partial charge in [-0.25, -0.2) is 9.59 Å². The molecule has 0 spiro atoms. The number of amides is 1. The van der Waals surface area contributed by atoms with Crippen molar-refractivity contribution in [1.82, 2.24) is 4.90 Å². The Bertz CT molecular complexity index is 482. The SMILES string of the molecule is CC(C)(CBr)CC(C)(C)COC(=O)[C@@H]1CCCN1C(=O)OC(C)(C)C. The topological polar surface area (TPSA) is 55.8 Å². The third-order valence-electron chi connectivity index (χ3n) is 4.08. The summed E-state index contributed by atoms with van der Waals surface area (Å²) < 4.78 is 11.0. The second-order valence-corrected chi connectivity index (χ2v) is 10.1. The van der Waals surface area contributed by atoms with Crippen LogP contribution in [0.25, 0.3) is 0 Å². The van der Waals surface area contributed by atoms with Crippen LogP contribution in [0.5, 0.6) is 0 Å². The molecular weight excluding hydrogens is 386 g/mol. The van der Waals surface area contributed by atoms with Gasteiger partial charge in [0.2, 0.25) is 0 Å². The molecule has 1 fully saturated rings. The molecule has 1 saturated heterocycles. The first-order valence-corrected chi connectivity index (χ1v) is 10.1. The van der Waals surface area contributed by atoms with Crippen molar-refractivity contribution < 1.29 is 19.1 Å². The molecule has 0 radical (unpaired) electrons. The first-order chi connectivity index (χ1) is 11.3. The number of esters is 1. The molecule has 0 unspecified atom stereocenters. The monoisotopic (exact) mass is 419 g/mol. The molecule has 0 aromatic carbocycles. The van der Waals surface area contributed by atoms with Gasteiger partial charge >= 0.3 is 12.1 Å². The molecule has 0 aromatic heterocycles. The largest absolute Gasteiger partial charge is 0.464 e. The van der Waals surface area contributed by atoms with Gasteiger partial charge in [-0.3, -0.25) is 4.90 Å². The third-order valence-corrected chi connectivity index (χ3v) is 5.59. The van der Waals surface area contributed by atoms with E-state index in [1.807, 2.05) is 20.8 Å². The van der Waals surface area contributed by atoms with Gasteiger partial charge in [0.15, 0.2) is 0 Å². The predicted octanol–water partition coefficient (Wildman–Crippen LogP) is 4.77. The fourth-order valence-electron chi connectivity index (χ4n) is 3.31. The van der Waals surface area contributed by atoms with E-state index in [9.17, 15) is 9.59 Å². The molecule has 0 aliphatic carbocycles. The summed E-state index contributed by atoms with van der Waals surface area (Å²) in [4.78, 5) is 26.3. The number of carbonyl (C=O) groups excluding carboxylic acids is 2. The van der Waals surface area contributed by atoms with Crippen LogP contribution in [0.4, 0.5) is 4.79 Å². The molecule has 6 heteroatoms. The lowest BCUT2D eigenvalue weighted by atomic mass is 9.77. The third kappa shape index (κ3) is 7.55. The number of nitrogens with zero attached hydrogens (tertiary/aromatic N) is 1. The summed E-state index contributed by atoms with van der Waals surface area (Å²) >= 11 is 3.54. The van der Waals surface area contributed by atoms with Gasteiger partial charge in [-0.05, 0) is 50.9 Å². The zero-order valence-electron chi connectivity index (χ0n) is 16.8. The molecular formula is C19H34BrNO4. The quantitative estimate of drug-likeness (QED) is 0.459. The Morgan fingerprint density at radius 3 is 2.20 bits per heavy atom. The fraction of sp³-hybridized carbons (Fsp3) is 0.895. The maximum absolute atomic E-state index is 12.5. The van der Waals surface area contributed by atoms with E-state index in [1.54, 1.807) is 0 Å². The predicted molar refractivity (Wildman–Crippen MR) is 103 cm³/mol. The highest BCUT2D eigenvalue weighted by atomic mass is 79.9. The van der Waals surface area contributed by atoms with Crippen LogP contribution in [-0.2, 0) is 14.3 Å². The summed E-state index contributed by atoms with van der Waals surface area (Å²) in [6, 6.07) is -0.533. The van der Waals surface area contributed by atoms with E-state index < -0.39 is 17.7 Å². The molecule has 1 heterocycles. The maximum Gasteiger partial charge on any atom is 0.411 e. The molecule has 0 saturated carbocycles. The van der Waals surface area contributed by atoms with Gasteiger partial charge in [-0.1, -0.05) is 43.6 Å². The van der Waals surface area contributed by atoms with Crippen LogP contribution in [0.1, 0.15) is 67.7 Å². The van der Waals surface area contributed by atoms with Crippen molar-refractivity contribution in [3.05, 3.63) is 0 Å². The van der Waals surface area contributed by atoms with Gasteiger partial charge in [0.05, 0.1) is 6.61 Å². The molecule has 1 amide bonds. The fourth-order valence-corrected chi connectivity index (χ4v) is 3.51. The van der Waals surface area contributed by atoms with Crippen LogP contribution >= 0.6 is 15.9 Å². The van der Waals surface area contributed by atoms with Gasteiger partial charge in [0, 0.05) is 11.9 Å². The van der Waals surface area contributed by atoms with Crippen molar-refractivity contribution in [3.8, 4) is 0 Å². The lowest BCUT2D eigenvalue weighted by molar-refractivity contribution is -0.152. The van der Waals surface area contributed by atoms with Gasteiger partial charge in [0.25, 0.3) is 0 Å². The molecule has 0 bridgehead atoms. The minimum Gasteiger partial charge on any atom is -0.464 e. The van der Waals surface area contributed by atoms with Crippen molar-refractivity contribution in [2.75, 3.05) is 18.5 Å². The normalized spacial score (nSPS) is 19.0. The number of ether oxygens (including phenoxy) is 2. The molecule has 0 N–H and O–H groups in total. The second kappa shape index (κ2) is 8.28. The minimum absolute atomic E-state index is 0.123. The molecule has 1 rings (SSSR count). The Labute approximate surface area is 160 Å². The number of rotatable bonds is 6. The van der Waals surface area contributed by atoms with E-state index in [-0.39, 0.29) is 16.8 Å². The molecule has 25 heavy (non-hydrogen) atoms. The lowest BCUT2D eigenvalue weighted by Crippen LogP contribution is -2.44. The van der Waals surface area contributed by atoms with Crippen molar-refractivity contribution >= 4 is 28.0 Å². The number of halogens is 1. The highest BCUT2D eigenvalue weighted by Crippen LogP contribution is 2.35. The van der Waals surface area contributed by atoms with Gasteiger partial charge in [-0.15, -0.1) is 0 Å². The van der Waals surface area contributed by atoms with Crippen molar-refractivity contribution in [1.29, 1.82) is 0 Å². The molecule has 146 valence electrons. The van der Waals surface area contributed by atoms with E-state index >= 15 is 0 Å². The first-order valence-electron chi connectivity index (χ1n) is 8.99. The zero-order chi connectivity index (χ0) is 19.5. The van der Waals surface area contributed by atoms with Gasteiger partial charge < -0.3 is 9.47 Å². The summed E-state index contributed by atoms with van der Waals surface area (Å²) in [6.45, 7) is 14.9. The van der Waals surface area contributed by atoms with E-state index in [0.717, 1.165) is 18.2 Å². The molecule has 5 nitrogen and oxygen atoms in total. The Morgan fingerprint density at radius 2 is 1.68 bits per heavy atom. The van der Waals surface area contributed by atoms with Crippen LogP contribution in [-0.4, -0.2) is 47.1 Å². The summed E-state index contributed by atoms with van der Waals surface area (Å²) in [7, 11) is 0. The minimum atomic E-state index is -0.572. The number of hydrogen-bond donors (Lipinski definition) is 0. The van der Waals surface area contributed by atoms with Crippen LogP contribution in [0.2, 0.25) is 0 Å². The lowest BCUT2D eigenvalue weighted by Gasteiger charge is -2.34. The van der Waals surface area contributed by atoms with E-state index in [1.165, 1.54) is 4.90 Å². The van der Waals surface area contributed by atoms with E-state index in [2.05, 4.69) is 43.6 Å². The van der Waals surface area contributed by atoms with Crippen molar-refractivity contribution in [2.24, 2.45) is 10.8 Å². The summed E-state index contributed by atoms with van der Waals surface area (Å²) in [5, 5.41) is 0.895. The molecule has 1 atom stereocenters. The van der Waals surface area contributed by atoms with Crippen LogP contribution < -0.4 is 0 Å². The Balaban J connectivity index is 2.62. The van der Waals surface area contributed by atoms with Gasteiger partial charge in [0.1, 0.15) is 11.6 Å². The number of alkyl halides is 1. The number of carbonyl (C=O) groups is 2. The molecule has 1 aliphatic rings. The second-order valence-electron chi connectivity index (χ2n) is 9.58. The summed E-state index contributed by atoms with van der Waals surface area (Å²) in [5.41, 5.74) is -0.564. The molecule has 1 aliphatic heterocycles. The first kappa shape index (κ1) is 22.3. The maximum atomic E-state index is 12.5. The summed E-state index contributed by atoms with van der Waals surface area (Å²) in [5.74, 6) is -0.326. The zero-order valence-corrected chi connectivity index (χ0v) is 18.4. The standard InChI is InChI=1S/C19H34BrNO4/c1-17(2,3)25-16(23)21-10-8-9-14(21)15(22)24-13-19(6,7)11-18(4,5)12-20/h14H,8-13H2,1-7H3/t14-/m0/s1. The number of hydrogen-bond acceptors (Lipinski definition) is 4. The summed E-state index contributed by atoms with van der Waals surface area (Å²) in [6.07, 6.45) is 1.91. The highest BCUT2D eigenvalue weighted by molar-refractivity contribution is 9.09. The van der Waals surface area contributed by atoms with Crippen LogP contribution in [0, 0.1) is 10.8 Å². The van der Waals surface area contributed by atoms with E-state index in [4.69, 9.17) is 9.47 Å². The number of likely N-dealkylation sites (tertiary alicyclic amines) is 1. The van der Waals surface area contributed by atoms with Crippen molar-refractivity contribution in [3.63, 3.8) is 0 Å². The highest BCUT2D eigenvalue weighted by Gasteiger charge is 2.38. The Morgan fingerprint density at radius 1 is 1.08 bits per heavy atom. The smallest absolute Gasteiger partial charge is 0.411 e. The Kier molecular flexibility index (Phi) is 7.37. The van der Waals surface area contributed by atoms with Crippen molar-refractivity contribution in [2.45, 2.75) is 79.4 Å². The van der Waals surface area contributed by atoms with Crippen LogP contribution in [0.3, 0.4) is 0 Å². The van der Waals surface area contributed by atoms with Crippen LogP contribution in [0.15, 0.2) is 0 Å². The Hall–Kier alpha value is -0.780.